The Morgan fingerprint density at radius 3 is 2.83 bits per heavy atom. The first kappa shape index (κ1) is 12.3. The third kappa shape index (κ3) is 2.11. The molecule has 18 heavy (non-hydrogen) atoms. The van der Waals surface area contributed by atoms with E-state index in [0.29, 0.717) is 23.6 Å². The van der Waals surface area contributed by atoms with Crippen LogP contribution < -0.4 is 0 Å². The molecule has 2 rings (SSSR count). The number of benzene rings is 1. The van der Waals surface area contributed by atoms with Crippen molar-refractivity contribution in [3.8, 4) is 5.69 Å². The first-order valence-corrected chi connectivity index (χ1v) is 5.61. The second-order valence-electron chi connectivity index (χ2n) is 3.73. The highest BCUT2D eigenvalue weighted by molar-refractivity contribution is 5.90. The molecule has 0 N–H and O–H groups in total. The Hall–Kier alpha value is -2.17. The Kier molecular flexibility index (Phi) is 3.41. The molecule has 1 heterocycles. The van der Waals surface area contributed by atoms with Gasteiger partial charge in [0, 0.05) is 0 Å². The third-order valence-electron chi connectivity index (χ3n) is 2.59. The van der Waals surface area contributed by atoms with Gasteiger partial charge in [-0.1, -0.05) is 12.1 Å². The Labute approximate surface area is 104 Å². The molecule has 0 amide bonds. The number of ether oxygens (including phenoxy) is 1. The minimum atomic E-state index is -0.447. The molecule has 4 nitrogen and oxygen atoms in total. The van der Waals surface area contributed by atoms with Gasteiger partial charge in [-0.25, -0.2) is 13.9 Å². The molecule has 0 atom stereocenters. The van der Waals surface area contributed by atoms with E-state index in [-0.39, 0.29) is 5.82 Å². The quantitative estimate of drug-likeness (QED) is 0.784. The molecule has 0 fully saturated rings. The number of hydrogen-bond donors (Lipinski definition) is 0. The van der Waals surface area contributed by atoms with Crippen molar-refractivity contribution in [2.24, 2.45) is 0 Å². The monoisotopic (exact) mass is 248 g/mol. The number of carbonyl (C=O) groups is 1. The standard InChI is InChI=1S/C13H13FN2O2/c1-3-18-13(17)10-8-15-16(9(10)2)12-7-5-4-6-11(12)14/h4-8H,3H2,1-2H3. The van der Waals surface area contributed by atoms with Crippen molar-refractivity contribution >= 4 is 5.97 Å². The van der Waals surface area contributed by atoms with Crippen LogP contribution in [0.3, 0.4) is 0 Å². The second-order valence-corrected chi connectivity index (χ2v) is 3.73. The summed E-state index contributed by atoms with van der Waals surface area (Å²) in [4.78, 5) is 11.6. The zero-order valence-electron chi connectivity index (χ0n) is 10.2. The number of carbonyl (C=O) groups excluding carboxylic acids is 1. The molecule has 1 aromatic heterocycles. The van der Waals surface area contributed by atoms with Crippen molar-refractivity contribution in [1.29, 1.82) is 0 Å². The molecule has 0 saturated heterocycles. The van der Waals surface area contributed by atoms with E-state index in [0.717, 1.165) is 0 Å². The fraction of sp³-hybridized carbons (Fsp3) is 0.231. The Balaban J connectivity index is 2.43. The van der Waals surface area contributed by atoms with E-state index in [4.69, 9.17) is 4.74 Å². The van der Waals surface area contributed by atoms with Gasteiger partial charge in [-0.05, 0) is 26.0 Å². The van der Waals surface area contributed by atoms with Crippen LogP contribution in [0.4, 0.5) is 4.39 Å². The van der Waals surface area contributed by atoms with Gasteiger partial charge in [0.15, 0.2) is 0 Å². The molecule has 0 aliphatic carbocycles. The van der Waals surface area contributed by atoms with E-state index >= 15 is 0 Å². The largest absolute Gasteiger partial charge is 0.462 e. The lowest BCUT2D eigenvalue weighted by Gasteiger charge is -2.06. The van der Waals surface area contributed by atoms with Crippen LogP contribution in [-0.2, 0) is 4.74 Å². The maximum absolute atomic E-state index is 13.6. The van der Waals surface area contributed by atoms with Crippen molar-refractivity contribution in [3.05, 3.63) is 47.5 Å². The fourth-order valence-corrected chi connectivity index (χ4v) is 1.69. The maximum Gasteiger partial charge on any atom is 0.341 e. The molecule has 94 valence electrons. The van der Waals surface area contributed by atoms with Gasteiger partial charge in [-0.2, -0.15) is 5.10 Å². The maximum atomic E-state index is 13.6. The molecule has 0 unspecified atom stereocenters. The number of hydrogen-bond acceptors (Lipinski definition) is 3. The van der Waals surface area contributed by atoms with Crippen molar-refractivity contribution < 1.29 is 13.9 Å². The third-order valence-corrected chi connectivity index (χ3v) is 2.59. The van der Waals surface area contributed by atoms with E-state index in [9.17, 15) is 9.18 Å². The van der Waals surface area contributed by atoms with Crippen LogP contribution >= 0.6 is 0 Å². The van der Waals surface area contributed by atoms with E-state index in [1.54, 1.807) is 32.0 Å². The summed E-state index contributed by atoms with van der Waals surface area (Å²) in [5.74, 6) is -0.836. The molecule has 0 radical (unpaired) electrons. The van der Waals surface area contributed by atoms with E-state index < -0.39 is 5.97 Å². The first-order valence-electron chi connectivity index (χ1n) is 5.61. The van der Waals surface area contributed by atoms with E-state index in [1.165, 1.54) is 16.9 Å². The lowest BCUT2D eigenvalue weighted by Crippen LogP contribution is -2.07. The number of rotatable bonds is 3. The topological polar surface area (TPSA) is 44.1 Å². The molecule has 1 aromatic carbocycles. The lowest BCUT2D eigenvalue weighted by atomic mass is 10.2. The summed E-state index contributed by atoms with van der Waals surface area (Å²) in [5.41, 5.74) is 1.21. The van der Waals surface area contributed by atoms with Gasteiger partial charge in [0.05, 0.1) is 18.5 Å². The highest BCUT2D eigenvalue weighted by Crippen LogP contribution is 2.17. The molecular weight excluding hydrogens is 235 g/mol. The van der Waals surface area contributed by atoms with Crippen LogP contribution in [0.2, 0.25) is 0 Å². The van der Waals surface area contributed by atoms with Gasteiger partial charge in [0.2, 0.25) is 0 Å². The number of para-hydroxylation sites is 1. The molecular formula is C13H13FN2O2. The van der Waals surface area contributed by atoms with Crippen LogP contribution in [-0.4, -0.2) is 22.4 Å². The van der Waals surface area contributed by atoms with Crippen molar-refractivity contribution in [3.63, 3.8) is 0 Å². The Morgan fingerprint density at radius 1 is 1.44 bits per heavy atom. The molecule has 0 spiro atoms. The minimum Gasteiger partial charge on any atom is -0.462 e. The van der Waals surface area contributed by atoms with E-state index in [1.807, 2.05) is 0 Å². The van der Waals surface area contributed by atoms with Crippen LogP contribution in [0.15, 0.2) is 30.5 Å². The zero-order valence-corrected chi connectivity index (χ0v) is 10.2. The Morgan fingerprint density at radius 2 is 2.17 bits per heavy atom. The molecule has 0 aliphatic heterocycles. The summed E-state index contributed by atoms with van der Waals surface area (Å²) in [6.45, 7) is 3.73. The number of halogens is 1. The van der Waals surface area contributed by atoms with Gasteiger partial charge in [0.25, 0.3) is 0 Å². The summed E-state index contributed by atoms with van der Waals surface area (Å²) in [7, 11) is 0. The van der Waals surface area contributed by atoms with E-state index in [2.05, 4.69) is 5.10 Å². The van der Waals surface area contributed by atoms with Crippen LogP contribution in [0.25, 0.3) is 5.69 Å². The summed E-state index contributed by atoms with van der Waals surface area (Å²) >= 11 is 0. The fourth-order valence-electron chi connectivity index (χ4n) is 1.69. The number of nitrogens with zero attached hydrogens (tertiary/aromatic N) is 2. The summed E-state index contributed by atoms with van der Waals surface area (Å²) in [6, 6.07) is 6.26. The lowest BCUT2D eigenvalue weighted by molar-refractivity contribution is 0.0525. The molecule has 0 bridgehead atoms. The van der Waals surface area contributed by atoms with Gasteiger partial charge in [-0.15, -0.1) is 0 Å². The van der Waals surface area contributed by atoms with Crippen LogP contribution in [0.5, 0.6) is 0 Å². The van der Waals surface area contributed by atoms with Crippen LogP contribution in [0.1, 0.15) is 23.0 Å². The van der Waals surface area contributed by atoms with Crippen molar-refractivity contribution in [1.82, 2.24) is 9.78 Å². The predicted octanol–water partition coefficient (Wildman–Crippen LogP) is 2.50. The predicted molar refractivity (Wildman–Crippen MR) is 64.2 cm³/mol. The first-order chi connectivity index (χ1) is 8.65. The SMILES string of the molecule is CCOC(=O)c1cnn(-c2ccccc2F)c1C. The Bertz CT molecular complexity index is 578. The second kappa shape index (κ2) is 5.00. The summed E-state index contributed by atoms with van der Waals surface area (Å²) in [6.07, 6.45) is 1.39. The highest BCUT2D eigenvalue weighted by Gasteiger charge is 2.17. The minimum absolute atomic E-state index is 0.295. The molecule has 0 aliphatic rings. The van der Waals surface area contributed by atoms with Gasteiger partial charge in [-0.3, -0.25) is 0 Å². The van der Waals surface area contributed by atoms with Gasteiger partial charge < -0.3 is 4.74 Å². The average molecular weight is 248 g/mol. The van der Waals surface area contributed by atoms with Crippen LogP contribution in [0, 0.1) is 12.7 Å². The van der Waals surface area contributed by atoms with Crippen molar-refractivity contribution in [2.45, 2.75) is 13.8 Å². The molecule has 5 heteroatoms. The summed E-state index contributed by atoms with van der Waals surface area (Å²) < 4.78 is 19.9. The molecule has 0 saturated carbocycles. The normalized spacial score (nSPS) is 10.4. The summed E-state index contributed by atoms with van der Waals surface area (Å²) in [5, 5.41) is 4.03. The highest BCUT2D eigenvalue weighted by atomic mass is 19.1. The average Bonchev–Trinajstić information content (AvgIpc) is 2.72. The number of aromatic nitrogens is 2. The zero-order chi connectivity index (χ0) is 13.1. The van der Waals surface area contributed by atoms with Gasteiger partial charge in [0.1, 0.15) is 17.1 Å². The smallest absolute Gasteiger partial charge is 0.341 e. The van der Waals surface area contributed by atoms with Crippen molar-refractivity contribution in [2.75, 3.05) is 6.61 Å². The number of esters is 1. The molecule has 2 aromatic rings. The van der Waals surface area contributed by atoms with Gasteiger partial charge >= 0.3 is 5.97 Å².